The topological polar surface area (TPSA) is 59.6 Å². The summed E-state index contributed by atoms with van der Waals surface area (Å²) in [5, 5.41) is 6.88. The van der Waals surface area contributed by atoms with Gasteiger partial charge in [0.15, 0.2) is 11.5 Å². The standard InChI is InChI=1S/C22H19ClN2O3/c23-16-3-1-15(2-4-16)13-22(26)25-18-7-5-17(6-8-18)24-19-9-10-20-21(14-19)28-12-11-27-20/h1-10,14,24H,11-13H2,(H,25,26). The molecule has 2 N–H and O–H groups in total. The van der Waals surface area contributed by atoms with Crippen LogP contribution in [-0.2, 0) is 11.2 Å². The fraction of sp³-hybridized carbons (Fsp3) is 0.136. The van der Waals surface area contributed by atoms with E-state index in [9.17, 15) is 4.79 Å². The largest absolute Gasteiger partial charge is 0.486 e. The maximum atomic E-state index is 12.2. The molecule has 0 saturated carbocycles. The number of fused-ring (bicyclic) bond motifs is 1. The Hall–Kier alpha value is -3.18. The third-order valence-corrected chi connectivity index (χ3v) is 4.53. The number of carbonyl (C=O) groups is 1. The molecular weight excluding hydrogens is 376 g/mol. The number of rotatable bonds is 5. The van der Waals surface area contributed by atoms with Gasteiger partial charge in [-0.2, -0.15) is 0 Å². The van der Waals surface area contributed by atoms with Crippen LogP contribution in [0.2, 0.25) is 5.02 Å². The van der Waals surface area contributed by atoms with Gasteiger partial charge in [0, 0.05) is 28.2 Å². The maximum absolute atomic E-state index is 12.2. The third-order valence-electron chi connectivity index (χ3n) is 4.28. The molecule has 0 aliphatic carbocycles. The van der Waals surface area contributed by atoms with E-state index < -0.39 is 0 Å². The Morgan fingerprint density at radius 3 is 2.21 bits per heavy atom. The highest BCUT2D eigenvalue weighted by Crippen LogP contribution is 2.33. The van der Waals surface area contributed by atoms with E-state index in [-0.39, 0.29) is 5.91 Å². The van der Waals surface area contributed by atoms with Crippen LogP contribution in [0.5, 0.6) is 11.5 Å². The molecule has 0 bridgehead atoms. The maximum Gasteiger partial charge on any atom is 0.228 e. The molecule has 5 nitrogen and oxygen atoms in total. The van der Waals surface area contributed by atoms with Crippen molar-refractivity contribution >= 4 is 34.6 Å². The van der Waals surface area contributed by atoms with Gasteiger partial charge in [-0.25, -0.2) is 0 Å². The summed E-state index contributed by atoms with van der Waals surface area (Å²) in [5.74, 6) is 1.42. The third kappa shape index (κ3) is 4.56. The predicted octanol–water partition coefficient (Wildman–Crippen LogP) is 5.04. The number of hydrogen-bond donors (Lipinski definition) is 2. The van der Waals surface area contributed by atoms with E-state index in [4.69, 9.17) is 21.1 Å². The van der Waals surface area contributed by atoms with Crippen molar-refractivity contribution < 1.29 is 14.3 Å². The van der Waals surface area contributed by atoms with Crippen molar-refractivity contribution in [2.45, 2.75) is 6.42 Å². The van der Waals surface area contributed by atoms with Crippen molar-refractivity contribution in [2.75, 3.05) is 23.8 Å². The second-order valence-electron chi connectivity index (χ2n) is 6.41. The van der Waals surface area contributed by atoms with E-state index in [0.29, 0.717) is 24.7 Å². The van der Waals surface area contributed by atoms with Crippen LogP contribution in [0.15, 0.2) is 66.7 Å². The first kappa shape index (κ1) is 18.2. The van der Waals surface area contributed by atoms with Crippen molar-refractivity contribution in [3.63, 3.8) is 0 Å². The van der Waals surface area contributed by atoms with Crippen molar-refractivity contribution in [3.8, 4) is 11.5 Å². The summed E-state index contributed by atoms with van der Waals surface area (Å²) in [4.78, 5) is 12.2. The van der Waals surface area contributed by atoms with Gasteiger partial charge in [-0.05, 0) is 54.1 Å². The molecule has 0 spiro atoms. The van der Waals surface area contributed by atoms with Crippen molar-refractivity contribution in [2.24, 2.45) is 0 Å². The van der Waals surface area contributed by atoms with Crippen LogP contribution in [0, 0.1) is 0 Å². The van der Waals surface area contributed by atoms with Crippen LogP contribution in [0.3, 0.4) is 0 Å². The van der Waals surface area contributed by atoms with Crippen LogP contribution in [-0.4, -0.2) is 19.1 Å². The van der Waals surface area contributed by atoms with Crippen LogP contribution in [0.4, 0.5) is 17.1 Å². The van der Waals surface area contributed by atoms with Gasteiger partial charge >= 0.3 is 0 Å². The van der Waals surface area contributed by atoms with Crippen molar-refractivity contribution in [1.82, 2.24) is 0 Å². The average molecular weight is 395 g/mol. The summed E-state index contributed by atoms with van der Waals surface area (Å²) < 4.78 is 11.1. The van der Waals surface area contributed by atoms with E-state index >= 15 is 0 Å². The Balaban J connectivity index is 1.35. The summed E-state index contributed by atoms with van der Waals surface area (Å²) in [6, 6.07) is 20.5. The summed E-state index contributed by atoms with van der Waals surface area (Å²) in [6.07, 6.45) is 0.300. The Kier molecular flexibility index (Phi) is 5.35. The Morgan fingerprint density at radius 2 is 1.46 bits per heavy atom. The van der Waals surface area contributed by atoms with Crippen molar-refractivity contribution in [3.05, 3.63) is 77.3 Å². The lowest BCUT2D eigenvalue weighted by Gasteiger charge is -2.19. The first-order valence-corrected chi connectivity index (χ1v) is 9.34. The highest BCUT2D eigenvalue weighted by molar-refractivity contribution is 6.30. The van der Waals surface area contributed by atoms with Crippen LogP contribution >= 0.6 is 11.6 Å². The van der Waals surface area contributed by atoms with Gasteiger partial charge in [0.2, 0.25) is 5.91 Å². The minimum absolute atomic E-state index is 0.0742. The molecule has 0 radical (unpaired) electrons. The number of benzene rings is 3. The molecule has 1 heterocycles. The van der Waals surface area contributed by atoms with Gasteiger partial charge in [0.05, 0.1) is 6.42 Å². The highest BCUT2D eigenvalue weighted by Gasteiger charge is 2.11. The fourth-order valence-corrected chi connectivity index (χ4v) is 3.04. The van der Waals surface area contributed by atoms with Gasteiger partial charge in [-0.15, -0.1) is 0 Å². The molecule has 28 heavy (non-hydrogen) atoms. The molecule has 0 unspecified atom stereocenters. The lowest BCUT2D eigenvalue weighted by Crippen LogP contribution is -2.15. The lowest BCUT2D eigenvalue weighted by molar-refractivity contribution is -0.115. The van der Waals surface area contributed by atoms with Crippen LogP contribution in [0.1, 0.15) is 5.56 Å². The summed E-state index contributed by atoms with van der Waals surface area (Å²) >= 11 is 5.87. The predicted molar refractivity (Wildman–Crippen MR) is 111 cm³/mol. The number of anilines is 3. The second-order valence-corrected chi connectivity index (χ2v) is 6.85. The quantitative estimate of drug-likeness (QED) is 0.636. The number of hydrogen-bond acceptors (Lipinski definition) is 4. The number of carbonyl (C=O) groups excluding carboxylic acids is 1. The summed E-state index contributed by atoms with van der Waals surface area (Å²) in [7, 11) is 0. The zero-order valence-electron chi connectivity index (χ0n) is 15.1. The zero-order valence-corrected chi connectivity index (χ0v) is 15.8. The van der Waals surface area contributed by atoms with E-state index in [1.54, 1.807) is 12.1 Å². The normalized spacial score (nSPS) is 12.3. The molecule has 142 valence electrons. The molecule has 3 aromatic rings. The molecule has 0 saturated heterocycles. The SMILES string of the molecule is O=C(Cc1ccc(Cl)cc1)Nc1ccc(Nc2ccc3c(c2)OCCO3)cc1. The molecule has 1 amide bonds. The molecular formula is C22H19ClN2O3. The number of halogens is 1. The minimum Gasteiger partial charge on any atom is -0.486 e. The molecule has 1 aliphatic rings. The van der Waals surface area contributed by atoms with Crippen LogP contribution in [0.25, 0.3) is 0 Å². The van der Waals surface area contributed by atoms with Gasteiger partial charge in [0.1, 0.15) is 13.2 Å². The number of ether oxygens (including phenoxy) is 2. The van der Waals surface area contributed by atoms with E-state index in [1.807, 2.05) is 54.6 Å². The molecule has 3 aromatic carbocycles. The summed E-state index contributed by atoms with van der Waals surface area (Å²) in [6.45, 7) is 1.13. The fourth-order valence-electron chi connectivity index (χ4n) is 2.92. The molecule has 4 rings (SSSR count). The van der Waals surface area contributed by atoms with Gasteiger partial charge in [0.25, 0.3) is 0 Å². The van der Waals surface area contributed by atoms with Gasteiger partial charge in [-0.3, -0.25) is 4.79 Å². The zero-order chi connectivity index (χ0) is 19.3. The second kappa shape index (κ2) is 8.23. The first-order chi connectivity index (χ1) is 13.7. The Labute approximate surface area is 168 Å². The molecule has 0 fully saturated rings. The number of amides is 1. The van der Waals surface area contributed by atoms with Gasteiger partial charge in [-0.1, -0.05) is 23.7 Å². The first-order valence-electron chi connectivity index (χ1n) is 8.97. The number of nitrogens with one attached hydrogen (secondary N) is 2. The summed E-state index contributed by atoms with van der Waals surface area (Å²) in [5.41, 5.74) is 3.47. The molecule has 0 atom stereocenters. The molecule has 1 aliphatic heterocycles. The average Bonchev–Trinajstić information content (AvgIpc) is 2.71. The smallest absolute Gasteiger partial charge is 0.228 e. The van der Waals surface area contributed by atoms with E-state index in [1.165, 1.54) is 0 Å². The molecule has 6 heteroatoms. The van der Waals surface area contributed by atoms with E-state index in [2.05, 4.69) is 10.6 Å². The minimum atomic E-state index is -0.0742. The lowest BCUT2D eigenvalue weighted by atomic mass is 10.1. The van der Waals surface area contributed by atoms with E-state index in [0.717, 1.165) is 34.1 Å². The monoisotopic (exact) mass is 394 g/mol. The van der Waals surface area contributed by atoms with Crippen molar-refractivity contribution in [1.29, 1.82) is 0 Å². The highest BCUT2D eigenvalue weighted by atomic mass is 35.5. The Bertz CT molecular complexity index is 972. The Morgan fingerprint density at radius 1 is 0.821 bits per heavy atom. The van der Waals surface area contributed by atoms with Crippen LogP contribution < -0.4 is 20.1 Å². The molecule has 0 aromatic heterocycles. The van der Waals surface area contributed by atoms with Gasteiger partial charge < -0.3 is 20.1 Å².